The molecule has 2 aromatic rings. The summed E-state index contributed by atoms with van der Waals surface area (Å²) in [6, 6.07) is 9.34. The van der Waals surface area contributed by atoms with E-state index >= 15 is 0 Å². The number of fused-ring (bicyclic) bond motifs is 1. The first-order chi connectivity index (χ1) is 12.1. The fourth-order valence-electron chi connectivity index (χ4n) is 2.82. The number of methoxy groups -OCH3 is 1. The van der Waals surface area contributed by atoms with Gasteiger partial charge in [-0.15, -0.1) is 11.3 Å². The van der Waals surface area contributed by atoms with Crippen LogP contribution in [0.15, 0.2) is 35.7 Å². The van der Waals surface area contributed by atoms with Crippen LogP contribution < -0.4 is 10.6 Å². The first kappa shape index (κ1) is 17.2. The van der Waals surface area contributed by atoms with Gasteiger partial charge in [-0.2, -0.15) is 0 Å². The molecule has 2 amide bonds. The van der Waals surface area contributed by atoms with E-state index in [1.807, 2.05) is 24.3 Å². The molecule has 6 nitrogen and oxygen atoms in total. The Hall–Kier alpha value is -2.67. The van der Waals surface area contributed by atoms with Crippen LogP contribution in [0, 0.1) is 5.92 Å². The fraction of sp³-hybridized carbons (Fsp3) is 0.278. The number of thiophene rings is 1. The lowest BCUT2D eigenvalue weighted by Crippen LogP contribution is -2.30. The maximum absolute atomic E-state index is 12.2. The van der Waals surface area contributed by atoms with Crippen LogP contribution in [0.3, 0.4) is 0 Å². The number of ether oxygens (including phenoxy) is 1. The van der Waals surface area contributed by atoms with E-state index < -0.39 is 5.97 Å². The molecule has 130 valence electrons. The quantitative estimate of drug-likeness (QED) is 0.805. The molecule has 1 aliphatic rings. The molecule has 3 rings (SSSR count). The Morgan fingerprint density at radius 2 is 2.12 bits per heavy atom. The Balaban J connectivity index is 1.57. The molecule has 25 heavy (non-hydrogen) atoms. The Bertz CT molecular complexity index is 815. The van der Waals surface area contributed by atoms with Gasteiger partial charge in [0.25, 0.3) is 0 Å². The SMILES string of the molecule is COC(=O)c1sccc1NC(=O)CC[C@H]1Cc2ccccc2NC1=O. The molecule has 0 radical (unpaired) electrons. The van der Waals surface area contributed by atoms with Crippen molar-refractivity contribution in [3.05, 3.63) is 46.2 Å². The Kier molecular flexibility index (Phi) is 5.14. The summed E-state index contributed by atoms with van der Waals surface area (Å²) in [7, 11) is 1.30. The summed E-state index contributed by atoms with van der Waals surface area (Å²) in [5.41, 5.74) is 2.37. The lowest BCUT2D eigenvalue weighted by Gasteiger charge is -2.24. The first-order valence-corrected chi connectivity index (χ1v) is 8.81. The minimum Gasteiger partial charge on any atom is -0.465 e. The fourth-order valence-corrected chi connectivity index (χ4v) is 3.59. The summed E-state index contributed by atoms with van der Waals surface area (Å²) < 4.78 is 4.69. The smallest absolute Gasteiger partial charge is 0.350 e. The second-order valence-corrected chi connectivity index (χ2v) is 6.71. The molecule has 0 unspecified atom stereocenters. The third-order valence-electron chi connectivity index (χ3n) is 4.14. The van der Waals surface area contributed by atoms with E-state index in [4.69, 9.17) is 0 Å². The van der Waals surface area contributed by atoms with Crippen molar-refractivity contribution >= 4 is 40.5 Å². The van der Waals surface area contributed by atoms with Crippen molar-refractivity contribution in [1.29, 1.82) is 0 Å². The number of carbonyl (C=O) groups is 3. The van der Waals surface area contributed by atoms with Crippen LogP contribution in [0.4, 0.5) is 11.4 Å². The number of carbonyl (C=O) groups excluding carboxylic acids is 3. The second-order valence-electron chi connectivity index (χ2n) is 5.79. The number of hydrogen-bond acceptors (Lipinski definition) is 5. The molecule has 1 atom stereocenters. The highest BCUT2D eigenvalue weighted by molar-refractivity contribution is 7.12. The van der Waals surface area contributed by atoms with E-state index in [1.54, 1.807) is 11.4 Å². The number of amides is 2. The second kappa shape index (κ2) is 7.48. The van der Waals surface area contributed by atoms with Gasteiger partial charge in [-0.3, -0.25) is 9.59 Å². The maximum Gasteiger partial charge on any atom is 0.350 e. The molecular formula is C18H18N2O4S. The third kappa shape index (κ3) is 3.88. The van der Waals surface area contributed by atoms with Gasteiger partial charge in [-0.1, -0.05) is 18.2 Å². The summed E-state index contributed by atoms with van der Waals surface area (Å²) in [5, 5.41) is 7.31. The van der Waals surface area contributed by atoms with Crippen molar-refractivity contribution in [3.8, 4) is 0 Å². The molecule has 0 spiro atoms. The Morgan fingerprint density at radius 3 is 2.92 bits per heavy atom. The van der Waals surface area contributed by atoms with E-state index in [9.17, 15) is 14.4 Å². The Morgan fingerprint density at radius 1 is 1.32 bits per heavy atom. The maximum atomic E-state index is 12.2. The van der Waals surface area contributed by atoms with Crippen molar-refractivity contribution in [2.45, 2.75) is 19.3 Å². The number of esters is 1. The number of benzene rings is 1. The van der Waals surface area contributed by atoms with Gasteiger partial charge in [0.2, 0.25) is 11.8 Å². The van der Waals surface area contributed by atoms with Crippen molar-refractivity contribution in [1.82, 2.24) is 0 Å². The van der Waals surface area contributed by atoms with Gasteiger partial charge < -0.3 is 15.4 Å². The highest BCUT2D eigenvalue weighted by atomic mass is 32.1. The van der Waals surface area contributed by atoms with E-state index in [-0.39, 0.29) is 24.2 Å². The standard InChI is InChI=1S/C18H18N2O4S/c1-24-18(23)16-14(8-9-25-16)19-15(21)7-6-12-10-11-4-2-3-5-13(11)20-17(12)22/h2-5,8-9,12H,6-7,10H2,1H3,(H,19,21)(H,20,22)/t12-/m0/s1. The predicted molar refractivity (Wildman–Crippen MR) is 95.8 cm³/mol. The lowest BCUT2D eigenvalue weighted by atomic mass is 9.89. The minimum absolute atomic E-state index is 0.0581. The van der Waals surface area contributed by atoms with Crippen LogP contribution in [0.5, 0.6) is 0 Å². The van der Waals surface area contributed by atoms with Crippen LogP contribution in [0.2, 0.25) is 0 Å². The zero-order valence-corrected chi connectivity index (χ0v) is 14.5. The van der Waals surface area contributed by atoms with Crippen LogP contribution in [-0.4, -0.2) is 24.9 Å². The Labute approximate surface area is 149 Å². The number of anilines is 2. The van der Waals surface area contributed by atoms with Crippen LogP contribution in [0.25, 0.3) is 0 Å². The molecule has 2 N–H and O–H groups in total. The van der Waals surface area contributed by atoms with Crippen molar-refractivity contribution in [3.63, 3.8) is 0 Å². The summed E-state index contributed by atoms with van der Waals surface area (Å²) in [6.07, 6.45) is 1.28. The van der Waals surface area contributed by atoms with E-state index in [1.165, 1.54) is 18.4 Å². The summed E-state index contributed by atoms with van der Waals surface area (Å²) in [4.78, 5) is 36.3. The molecule has 0 saturated heterocycles. The average molecular weight is 358 g/mol. The van der Waals surface area contributed by atoms with Crippen LogP contribution in [-0.2, 0) is 20.7 Å². The predicted octanol–water partition coefficient (Wildman–Crippen LogP) is 3.06. The van der Waals surface area contributed by atoms with Gasteiger partial charge in [0.05, 0.1) is 12.8 Å². The van der Waals surface area contributed by atoms with Crippen LogP contribution in [0.1, 0.15) is 28.1 Å². The highest BCUT2D eigenvalue weighted by Crippen LogP contribution is 2.28. The van der Waals surface area contributed by atoms with Crippen LogP contribution >= 0.6 is 11.3 Å². The van der Waals surface area contributed by atoms with E-state index in [0.717, 1.165) is 11.3 Å². The third-order valence-corrected chi connectivity index (χ3v) is 5.04. The monoisotopic (exact) mass is 358 g/mol. The van der Waals surface area contributed by atoms with Gasteiger partial charge in [0, 0.05) is 18.0 Å². The molecule has 1 aromatic heterocycles. The minimum atomic E-state index is -0.478. The molecular weight excluding hydrogens is 340 g/mol. The largest absolute Gasteiger partial charge is 0.465 e. The molecule has 0 saturated carbocycles. The number of rotatable bonds is 5. The zero-order valence-electron chi connectivity index (χ0n) is 13.7. The van der Waals surface area contributed by atoms with Crippen molar-refractivity contribution < 1.29 is 19.1 Å². The zero-order chi connectivity index (χ0) is 17.8. The molecule has 0 bridgehead atoms. The summed E-state index contributed by atoms with van der Waals surface area (Å²) >= 11 is 1.21. The molecule has 7 heteroatoms. The molecule has 1 aromatic carbocycles. The molecule has 2 heterocycles. The van der Waals surface area contributed by atoms with E-state index in [2.05, 4.69) is 15.4 Å². The molecule has 0 fully saturated rings. The van der Waals surface area contributed by atoms with E-state index in [0.29, 0.717) is 23.4 Å². The topological polar surface area (TPSA) is 84.5 Å². The van der Waals surface area contributed by atoms with Gasteiger partial charge >= 0.3 is 5.97 Å². The number of para-hydroxylation sites is 1. The number of hydrogen-bond donors (Lipinski definition) is 2. The average Bonchev–Trinajstić information content (AvgIpc) is 3.07. The van der Waals surface area contributed by atoms with Gasteiger partial charge in [-0.05, 0) is 35.9 Å². The first-order valence-electron chi connectivity index (χ1n) is 7.93. The van der Waals surface area contributed by atoms with Gasteiger partial charge in [-0.25, -0.2) is 4.79 Å². The van der Waals surface area contributed by atoms with Crippen molar-refractivity contribution in [2.75, 3.05) is 17.7 Å². The normalized spacial score (nSPS) is 15.9. The highest BCUT2D eigenvalue weighted by Gasteiger charge is 2.26. The van der Waals surface area contributed by atoms with Crippen molar-refractivity contribution in [2.24, 2.45) is 5.92 Å². The van der Waals surface area contributed by atoms with Gasteiger partial charge in [0.1, 0.15) is 4.88 Å². The number of nitrogens with one attached hydrogen (secondary N) is 2. The molecule has 1 aliphatic heterocycles. The van der Waals surface area contributed by atoms with Gasteiger partial charge in [0.15, 0.2) is 0 Å². The molecule has 0 aliphatic carbocycles. The lowest BCUT2D eigenvalue weighted by molar-refractivity contribution is -0.121. The summed E-state index contributed by atoms with van der Waals surface area (Å²) in [5.74, 6) is -0.996. The summed E-state index contributed by atoms with van der Waals surface area (Å²) in [6.45, 7) is 0.